The molecule has 0 spiro atoms. The molecule has 1 N–H and O–H groups in total. The van der Waals surface area contributed by atoms with Crippen molar-refractivity contribution in [3.8, 4) is 0 Å². The van der Waals surface area contributed by atoms with Gasteiger partial charge < -0.3 is 5.32 Å². The smallest absolute Gasteiger partial charge is 0.230 e. The fourth-order valence-electron chi connectivity index (χ4n) is 1.41. The van der Waals surface area contributed by atoms with Crippen molar-refractivity contribution in [1.29, 1.82) is 0 Å². The van der Waals surface area contributed by atoms with Crippen molar-refractivity contribution in [3.05, 3.63) is 18.3 Å². The van der Waals surface area contributed by atoms with Gasteiger partial charge in [-0.15, -0.1) is 0 Å². The summed E-state index contributed by atoms with van der Waals surface area (Å²) in [6.45, 7) is 12.4. The number of amides is 1. The van der Waals surface area contributed by atoms with Crippen LogP contribution in [0, 0.1) is 5.41 Å². The van der Waals surface area contributed by atoms with Crippen molar-refractivity contribution in [2.45, 2.75) is 40.4 Å². The van der Waals surface area contributed by atoms with Gasteiger partial charge >= 0.3 is 0 Å². The number of carbonyl (C=O) groups is 1. The normalized spacial score (nSPS) is 12.4. The monoisotopic (exact) mass is 250 g/mol. The molecule has 0 bridgehead atoms. The van der Waals surface area contributed by atoms with Gasteiger partial charge in [-0.3, -0.25) is 4.79 Å². The summed E-state index contributed by atoms with van der Waals surface area (Å²) in [7, 11) is -1.48. The zero-order valence-corrected chi connectivity index (χ0v) is 12.6. The van der Waals surface area contributed by atoms with E-state index in [0.29, 0.717) is 0 Å². The summed E-state index contributed by atoms with van der Waals surface area (Å²) >= 11 is 0. The minimum atomic E-state index is -1.48. The van der Waals surface area contributed by atoms with E-state index in [1.807, 2.05) is 26.8 Å². The van der Waals surface area contributed by atoms with Crippen LogP contribution in [0.15, 0.2) is 18.3 Å². The van der Waals surface area contributed by atoms with E-state index in [4.69, 9.17) is 0 Å². The minimum absolute atomic E-state index is 0.00991. The summed E-state index contributed by atoms with van der Waals surface area (Å²) < 4.78 is 0. The molecule has 94 valence electrons. The molecule has 3 nitrogen and oxygen atoms in total. The van der Waals surface area contributed by atoms with Crippen LogP contribution in [0.25, 0.3) is 0 Å². The molecule has 0 aliphatic heterocycles. The first-order valence-corrected chi connectivity index (χ1v) is 9.39. The Balaban J connectivity index is 3.04. The van der Waals surface area contributed by atoms with Crippen molar-refractivity contribution < 1.29 is 4.79 Å². The van der Waals surface area contributed by atoms with Crippen molar-refractivity contribution >= 4 is 25.0 Å². The largest absolute Gasteiger partial charge is 0.310 e. The molecule has 0 saturated carbocycles. The van der Waals surface area contributed by atoms with Gasteiger partial charge in [0.05, 0.1) is 8.07 Å². The van der Waals surface area contributed by atoms with Gasteiger partial charge in [0.25, 0.3) is 0 Å². The highest BCUT2D eigenvalue weighted by molar-refractivity contribution is 6.89. The lowest BCUT2D eigenvalue weighted by molar-refractivity contribution is -0.123. The Bertz CT molecular complexity index is 416. The quantitative estimate of drug-likeness (QED) is 0.820. The first-order valence-electron chi connectivity index (χ1n) is 5.89. The predicted molar refractivity (Wildman–Crippen MR) is 75.3 cm³/mol. The molecule has 0 fully saturated rings. The summed E-state index contributed by atoms with van der Waals surface area (Å²) in [5.41, 5.74) is -0.395. The van der Waals surface area contributed by atoms with Gasteiger partial charge in [0.2, 0.25) is 5.91 Å². The number of nitrogens with one attached hydrogen (secondary N) is 1. The van der Waals surface area contributed by atoms with E-state index in [0.717, 1.165) is 5.82 Å². The first-order chi connectivity index (χ1) is 7.62. The second kappa shape index (κ2) is 4.60. The highest BCUT2D eigenvalue weighted by atomic mass is 28.3. The van der Waals surface area contributed by atoms with Crippen LogP contribution in [0.3, 0.4) is 0 Å². The third-order valence-corrected chi connectivity index (χ3v) is 4.55. The number of aromatic nitrogens is 1. The zero-order valence-electron chi connectivity index (χ0n) is 11.6. The SMILES string of the molecule is CC(C)(C)C(=O)Nc1ncccc1[Si](C)(C)C. The number of hydrogen-bond donors (Lipinski definition) is 1. The molecule has 0 aliphatic carbocycles. The van der Waals surface area contributed by atoms with Crippen LogP contribution >= 0.6 is 0 Å². The van der Waals surface area contributed by atoms with Crippen LogP contribution < -0.4 is 10.5 Å². The molecule has 0 saturated heterocycles. The maximum atomic E-state index is 12.0. The summed E-state index contributed by atoms with van der Waals surface area (Å²) in [6.07, 6.45) is 1.72. The Labute approximate surface area is 105 Å². The molecule has 0 aliphatic rings. The summed E-state index contributed by atoms with van der Waals surface area (Å²) in [5, 5.41) is 4.13. The van der Waals surface area contributed by atoms with Crippen LogP contribution in [0.2, 0.25) is 19.6 Å². The molecule has 1 rings (SSSR count). The number of nitrogens with zero attached hydrogens (tertiary/aromatic N) is 1. The van der Waals surface area contributed by atoms with E-state index in [9.17, 15) is 4.79 Å². The highest BCUT2D eigenvalue weighted by Crippen LogP contribution is 2.16. The molecule has 1 heterocycles. The molecule has 0 radical (unpaired) electrons. The van der Waals surface area contributed by atoms with Crippen LogP contribution in [0.4, 0.5) is 5.82 Å². The molecule has 1 aromatic heterocycles. The molecule has 17 heavy (non-hydrogen) atoms. The predicted octanol–water partition coefficient (Wildman–Crippen LogP) is 2.61. The third kappa shape index (κ3) is 3.66. The molecule has 1 amide bonds. The molecule has 0 atom stereocenters. The molecule has 0 aromatic carbocycles. The van der Waals surface area contributed by atoms with Gasteiger partial charge in [0, 0.05) is 11.6 Å². The Kier molecular flexibility index (Phi) is 3.77. The lowest BCUT2D eigenvalue weighted by atomic mass is 9.96. The number of rotatable bonds is 2. The van der Waals surface area contributed by atoms with Crippen molar-refractivity contribution in [3.63, 3.8) is 0 Å². The van der Waals surface area contributed by atoms with E-state index in [1.54, 1.807) is 6.20 Å². The van der Waals surface area contributed by atoms with Gasteiger partial charge in [0.1, 0.15) is 5.82 Å². The summed E-state index contributed by atoms with van der Waals surface area (Å²) in [6, 6.07) is 4.00. The molecule has 1 aromatic rings. The van der Waals surface area contributed by atoms with Crippen molar-refractivity contribution in [2.75, 3.05) is 5.32 Å². The van der Waals surface area contributed by atoms with Crippen molar-refractivity contribution in [2.24, 2.45) is 5.41 Å². The number of carbonyl (C=O) groups excluding carboxylic acids is 1. The summed E-state index contributed by atoms with van der Waals surface area (Å²) in [5.74, 6) is 0.738. The second-order valence-corrected chi connectivity index (χ2v) is 11.4. The maximum Gasteiger partial charge on any atom is 0.230 e. The fourth-order valence-corrected chi connectivity index (χ4v) is 2.84. The molecule has 4 heteroatoms. The van der Waals surface area contributed by atoms with Gasteiger partial charge in [-0.2, -0.15) is 0 Å². The van der Waals surface area contributed by atoms with Crippen LogP contribution in [0.1, 0.15) is 20.8 Å². The van der Waals surface area contributed by atoms with Crippen LogP contribution in [-0.4, -0.2) is 19.0 Å². The minimum Gasteiger partial charge on any atom is -0.310 e. The van der Waals surface area contributed by atoms with Crippen LogP contribution in [0.5, 0.6) is 0 Å². The molecular weight excluding hydrogens is 228 g/mol. The lowest BCUT2D eigenvalue weighted by Gasteiger charge is -2.23. The van der Waals surface area contributed by atoms with Crippen molar-refractivity contribution in [1.82, 2.24) is 4.98 Å². The van der Waals surface area contributed by atoms with E-state index in [-0.39, 0.29) is 5.91 Å². The van der Waals surface area contributed by atoms with E-state index < -0.39 is 13.5 Å². The highest BCUT2D eigenvalue weighted by Gasteiger charge is 2.26. The summed E-state index contributed by atoms with van der Waals surface area (Å²) in [4.78, 5) is 16.3. The molecule has 0 unspecified atom stereocenters. The van der Waals surface area contributed by atoms with E-state index in [1.165, 1.54) is 5.19 Å². The Hall–Kier alpha value is -1.16. The second-order valence-electron chi connectivity index (χ2n) is 6.35. The van der Waals surface area contributed by atoms with Gasteiger partial charge in [-0.1, -0.05) is 46.5 Å². The van der Waals surface area contributed by atoms with Gasteiger partial charge in [-0.25, -0.2) is 4.98 Å². The average Bonchev–Trinajstić information content (AvgIpc) is 2.15. The number of hydrogen-bond acceptors (Lipinski definition) is 2. The van der Waals surface area contributed by atoms with E-state index >= 15 is 0 Å². The molecular formula is C13H22N2OSi. The standard InChI is InChI=1S/C13H22N2OSi/c1-13(2,3)12(16)15-11-10(17(4,5)6)8-7-9-14-11/h7-9H,1-6H3,(H,14,15,16). The zero-order chi connectivity index (χ0) is 13.3. The maximum absolute atomic E-state index is 12.0. The number of anilines is 1. The average molecular weight is 250 g/mol. The lowest BCUT2D eigenvalue weighted by Crippen LogP contribution is -2.41. The van der Waals surface area contributed by atoms with Crippen LogP contribution in [-0.2, 0) is 4.79 Å². The topological polar surface area (TPSA) is 42.0 Å². The first kappa shape index (κ1) is 13.9. The van der Waals surface area contributed by atoms with Gasteiger partial charge in [0.15, 0.2) is 0 Å². The Morgan fingerprint density at radius 3 is 2.35 bits per heavy atom. The fraction of sp³-hybridized carbons (Fsp3) is 0.538. The Morgan fingerprint density at radius 2 is 1.88 bits per heavy atom. The third-order valence-electron chi connectivity index (χ3n) is 2.53. The van der Waals surface area contributed by atoms with Gasteiger partial charge in [-0.05, 0) is 11.3 Å². The number of pyridine rings is 1. The Morgan fingerprint density at radius 1 is 1.29 bits per heavy atom. The van der Waals surface area contributed by atoms with E-state index in [2.05, 4.69) is 36.0 Å².